The molecule has 0 saturated carbocycles. The first-order valence-electron chi connectivity index (χ1n) is 6.27. The van der Waals surface area contributed by atoms with Gasteiger partial charge in [-0.25, -0.2) is 0 Å². The van der Waals surface area contributed by atoms with E-state index in [1.807, 2.05) is 0 Å². The average molecular weight is 343 g/mol. The minimum atomic E-state index is -4.28. The monoisotopic (exact) mass is 342 g/mol. The standard InChI is InChI=1S/C14H17F3N2.2ClH/c1-2-13(19-9-7-18-8-10-19)11-3-5-12(6-4-11)14(15,16)17;;/h2-6,13,18H,1,7-10H2;2*1H/t13-;;/m0../s1. The van der Waals surface area contributed by atoms with Crippen LogP contribution in [0.15, 0.2) is 36.9 Å². The van der Waals surface area contributed by atoms with Crippen LogP contribution in [-0.4, -0.2) is 31.1 Å². The van der Waals surface area contributed by atoms with E-state index in [1.54, 1.807) is 6.08 Å². The Bertz CT molecular complexity index is 429. The first kappa shape index (κ1) is 20.2. The number of nitrogens with one attached hydrogen (secondary N) is 1. The van der Waals surface area contributed by atoms with Gasteiger partial charge in [0.05, 0.1) is 11.6 Å². The predicted molar refractivity (Wildman–Crippen MR) is 83.3 cm³/mol. The summed E-state index contributed by atoms with van der Waals surface area (Å²) >= 11 is 0. The van der Waals surface area contributed by atoms with Crippen LogP contribution in [0.25, 0.3) is 0 Å². The number of hydrogen-bond acceptors (Lipinski definition) is 2. The Morgan fingerprint density at radius 2 is 1.62 bits per heavy atom. The van der Waals surface area contributed by atoms with Gasteiger partial charge >= 0.3 is 6.18 Å². The zero-order valence-electron chi connectivity index (χ0n) is 11.4. The number of rotatable bonds is 3. The predicted octanol–water partition coefficient (Wildman–Crippen LogP) is 3.68. The van der Waals surface area contributed by atoms with Gasteiger partial charge in [-0.1, -0.05) is 18.2 Å². The van der Waals surface area contributed by atoms with Gasteiger partial charge in [0.15, 0.2) is 0 Å². The highest BCUT2D eigenvalue weighted by molar-refractivity contribution is 5.85. The smallest absolute Gasteiger partial charge is 0.314 e. The first-order valence-corrected chi connectivity index (χ1v) is 6.27. The lowest BCUT2D eigenvalue weighted by Gasteiger charge is -2.33. The second-order valence-corrected chi connectivity index (χ2v) is 4.59. The lowest BCUT2D eigenvalue weighted by atomic mass is 10.0. The second-order valence-electron chi connectivity index (χ2n) is 4.59. The molecule has 1 N–H and O–H groups in total. The molecule has 1 saturated heterocycles. The highest BCUT2D eigenvalue weighted by Gasteiger charge is 2.30. The van der Waals surface area contributed by atoms with E-state index in [-0.39, 0.29) is 30.9 Å². The summed E-state index contributed by atoms with van der Waals surface area (Å²) in [6.45, 7) is 7.33. The molecule has 2 nitrogen and oxygen atoms in total. The highest BCUT2D eigenvalue weighted by Crippen LogP contribution is 2.31. The van der Waals surface area contributed by atoms with Crippen LogP contribution in [0.4, 0.5) is 13.2 Å². The molecule has 1 aromatic rings. The Morgan fingerprint density at radius 1 is 1.10 bits per heavy atom. The van der Waals surface area contributed by atoms with E-state index in [9.17, 15) is 13.2 Å². The van der Waals surface area contributed by atoms with Crippen LogP contribution in [0, 0.1) is 0 Å². The fourth-order valence-electron chi connectivity index (χ4n) is 2.33. The van der Waals surface area contributed by atoms with Crippen LogP contribution in [0.1, 0.15) is 17.2 Å². The normalized spacial score (nSPS) is 17.3. The van der Waals surface area contributed by atoms with Gasteiger partial charge in [0, 0.05) is 26.2 Å². The summed E-state index contributed by atoms with van der Waals surface area (Å²) in [5.74, 6) is 0. The van der Waals surface area contributed by atoms with Crippen molar-refractivity contribution in [3.8, 4) is 0 Å². The average Bonchev–Trinajstić information content (AvgIpc) is 2.40. The Balaban J connectivity index is 0.00000200. The third-order valence-corrected chi connectivity index (χ3v) is 3.35. The zero-order chi connectivity index (χ0) is 13.9. The van der Waals surface area contributed by atoms with Crippen LogP contribution in [0.5, 0.6) is 0 Å². The van der Waals surface area contributed by atoms with E-state index in [4.69, 9.17) is 0 Å². The third-order valence-electron chi connectivity index (χ3n) is 3.35. The van der Waals surface area contributed by atoms with Gasteiger partial charge in [0.25, 0.3) is 0 Å². The number of benzene rings is 1. The molecule has 1 aliphatic rings. The van der Waals surface area contributed by atoms with Crippen LogP contribution in [-0.2, 0) is 6.18 Å². The van der Waals surface area contributed by atoms with Crippen molar-refractivity contribution in [1.29, 1.82) is 0 Å². The molecule has 1 aromatic carbocycles. The minimum Gasteiger partial charge on any atom is -0.314 e. The molecule has 0 radical (unpaired) electrons. The summed E-state index contributed by atoms with van der Waals surface area (Å²) in [5.41, 5.74) is 0.240. The molecule has 0 unspecified atom stereocenters. The molecule has 120 valence electrons. The molecule has 0 aromatic heterocycles. The largest absolute Gasteiger partial charge is 0.416 e. The summed E-state index contributed by atoms with van der Waals surface area (Å²) in [7, 11) is 0. The van der Waals surface area contributed by atoms with Gasteiger partial charge in [-0.2, -0.15) is 13.2 Å². The van der Waals surface area contributed by atoms with Crippen LogP contribution < -0.4 is 5.32 Å². The lowest BCUT2D eigenvalue weighted by molar-refractivity contribution is -0.137. The molecule has 0 spiro atoms. The van der Waals surface area contributed by atoms with E-state index in [1.165, 1.54) is 12.1 Å². The van der Waals surface area contributed by atoms with Crippen molar-refractivity contribution < 1.29 is 13.2 Å². The Labute approximate surface area is 135 Å². The molecular weight excluding hydrogens is 324 g/mol. The van der Waals surface area contributed by atoms with E-state index in [0.29, 0.717) is 0 Å². The number of hydrogen-bond donors (Lipinski definition) is 1. The van der Waals surface area contributed by atoms with Crippen LogP contribution in [0.3, 0.4) is 0 Å². The summed E-state index contributed by atoms with van der Waals surface area (Å²) in [5, 5.41) is 3.25. The molecule has 2 rings (SSSR count). The Hall–Kier alpha value is -0.750. The number of nitrogens with zero attached hydrogens (tertiary/aromatic N) is 1. The third kappa shape index (κ3) is 5.18. The van der Waals surface area contributed by atoms with Crippen molar-refractivity contribution in [2.24, 2.45) is 0 Å². The number of piperazine rings is 1. The fourth-order valence-corrected chi connectivity index (χ4v) is 2.33. The Morgan fingerprint density at radius 3 is 2.05 bits per heavy atom. The van der Waals surface area contributed by atoms with E-state index in [0.717, 1.165) is 43.9 Å². The molecule has 1 fully saturated rings. The molecule has 1 atom stereocenters. The van der Waals surface area contributed by atoms with Crippen molar-refractivity contribution in [2.45, 2.75) is 12.2 Å². The van der Waals surface area contributed by atoms with E-state index in [2.05, 4.69) is 16.8 Å². The molecule has 21 heavy (non-hydrogen) atoms. The SMILES string of the molecule is C=C[C@@H](c1ccc(C(F)(F)F)cc1)N1CCNCC1.Cl.Cl. The summed E-state index contributed by atoms with van der Waals surface area (Å²) < 4.78 is 37.6. The quantitative estimate of drug-likeness (QED) is 0.843. The molecule has 0 bridgehead atoms. The summed E-state index contributed by atoms with van der Waals surface area (Å²) in [4.78, 5) is 2.21. The number of halogens is 5. The molecule has 1 aliphatic heterocycles. The maximum absolute atomic E-state index is 12.5. The highest BCUT2D eigenvalue weighted by atomic mass is 35.5. The van der Waals surface area contributed by atoms with Gasteiger partial charge in [-0.15, -0.1) is 31.4 Å². The zero-order valence-corrected chi connectivity index (χ0v) is 13.0. The first-order chi connectivity index (χ1) is 9.02. The maximum atomic E-state index is 12.5. The lowest BCUT2D eigenvalue weighted by Crippen LogP contribution is -2.44. The van der Waals surface area contributed by atoms with E-state index >= 15 is 0 Å². The van der Waals surface area contributed by atoms with Crippen LogP contribution in [0.2, 0.25) is 0 Å². The van der Waals surface area contributed by atoms with Crippen molar-refractivity contribution in [2.75, 3.05) is 26.2 Å². The topological polar surface area (TPSA) is 15.3 Å². The van der Waals surface area contributed by atoms with Gasteiger partial charge in [-0.3, -0.25) is 4.90 Å². The minimum absolute atomic E-state index is 0. The molecule has 0 aliphatic carbocycles. The summed E-state index contributed by atoms with van der Waals surface area (Å²) in [6.07, 6.45) is -2.49. The van der Waals surface area contributed by atoms with Crippen molar-refractivity contribution in [3.63, 3.8) is 0 Å². The van der Waals surface area contributed by atoms with Gasteiger partial charge in [0.2, 0.25) is 0 Å². The number of alkyl halides is 3. The van der Waals surface area contributed by atoms with Gasteiger partial charge in [0.1, 0.15) is 0 Å². The van der Waals surface area contributed by atoms with Crippen LogP contribution >= 0.6 is 24.8 Å². The van der Waals surface area contributed by atoms with Gasteiger partial charge in [-0.05, 0) is 17.7 Å². The second kappa shape index (κ2) is 8.63. The Kier molecular flexibility index (Phi) is 8.33. The van der Waals surface area contributed by atoms with Gasteiger partial charge < -0.3 is 5.32 Å². The molecular formula is C14H19Cl2F3N2. The van der Waals surface area contributed by atoms with E-state index < -0.39 is 11.7 Å². The fraction of sp³-hybridized carbons (Fsp3) is 0.429. The summed E-state index contributed by atoms with van der Waals surface area (Å²) in [6, 6.07) is 5.32. The van der Waals surface area contributed by atoms with Crippen molar-refractivity contribution in [1.82, 2.24) is 10.2 Å². The molecule has 7 heteroatoms. The molecule has 1 heterocycles. The maximum Gasteiger partial charge on any atom is 0.416 e. The van der Waals surface area contributed by atoms with Crippen molar-refractivity contribution in [3.05, 3.63) is 48.0 Å². The molecule has 0 amide bonds. The van der Waals surface area contributed by atoms with Crippen molar-refractivity contribution >= 4 is 24.8 Å².